The number of carbonyl (C=O) groups is 1. The molecule has 192 valence electrons. The van der Waals surface area contributed by atoms with Gasteiger partial charge in [0.2, 0.25) is 0 Å². The summed E-state index contributed by atoms with van der Waals surface area (Å²) < 4.78 is 0. The zero-order valence-electron chi connectivity index (χ0n) is 22.4. The minimum Gasteiger partial charge on any atom is -0.550 e. The third-order valence-electron chi connectivity index (χ3n) is 7.29. The van der Waals surface area contributed by atoms with E-state index in [1.807, 2.05) is 0 Å². The van der Waals surface area contributed by atoms with Gasteiger partial charge in [0, 0.05) is 5.97 Å². The Hall–Kier alpha value is -0.530. The molecule has 0 saturated heterocycles. The van der Waals surface area contributed by atoms with Crippen molar-refractivity contribution >= 4 is 5.97 Å². The van der Waals surface area contributed by atoms with Crippen LogP contribution < -0.4 is 5.11 Å². The largest absolute Gasteiger partial charge is 0.550 e. The van der Waals surface area contributed by atoms with Crippen LogP contribution in [0.1, 0.15) is 175 Å². The number of carboxylic acid groups (broad SMARTS) is 1. The summed E-state index contributed by atoms with van der Waals surface area (Å²) in [6, 6.07) is 0. The number of rotatable bonds is 26. The van der Waals surface area contributed by atoms with E-state index in [1.54, 1.807) is 0 Å². The van der Waals surface area contributed by atoms with Gasteiger partial charge in [-0.25, -0.2) is 0 Å². The van der Waals surface area contributed by atoms with Gasteiger partial charge in [-0.05, 0) is 24.7 Å². The molecule has 32 heavy (non-hydrogen) atoms. The van der Waals surface area contributed by atoms with E-state index in [9.17, 15) is 9.90 Å². The second-order valence-electron chi connectivity index (χ2n) is 10.5. The first-order valence-corrected chi connectivity index (χ1v) is 14.9. The van der Waals surface area contributed by atoms with Gasteiger partial charge in [-0.15, -0.1) is 0 Å². The molecule has 0 aromatic heterocycles. The van der Waals surface area contributed by atoms with Crippen molar-refractivity contribution in [1.29, 1.82) is 0 Å². The third-order valence-corrected chi connectivity index (χ3v) is 7.29. The van der Waals surface area contributed by atoms with Crippen LogP contribution in [0.25, 0.3) is 0 Å². The smallest absolute Gasteiger partial charge is 0.0445 e. The van der Waals surface area contributed by atoms with Crippen molar-refractivity contribution in [1.82, 2.24) is 0 Å². The lowest BCUT2D eigenvalue weighted by molar-refractivity contribution is -0.312. The maximum Gasteiger partial charge on any atom is 0.0445 e. The van der Waals surface area contributed by atoms with Crippen LogP contribution in [0.2, 0.25) is 0 Å². The predicted molar refractivity (Wildman–Crippen MR) is 140 cm³/mol. The van der Waals surface area contributed by atoms with Gasteiger partial charge >= 0.3 is 0 Å². The first-order valence-electron chi connectivity index (χ1n) is 14.9. The van der Waals surface area contributed by atoms with Crippen molar-refractivity contribution in [2.45, 2.75) is 175 Å². The van der Waals surface area contributed by atoms with E-state index in [2.05, 4.69) is 20.8 Å². The summed E-state index contributed by atoms with van der Waals surface area (Å²) >= 11 is 0. The lowest BCUT2D eigenvalue weighted by atomic mass is 9.84. The number of aliphatic carboxylic acids is 1. The van der Waals surface area contributed by atoms with Crippen LogP contribution in [0.4, 0.5) is 0 Å². The van der Waals surface area contributed by atoms with Gasteiger partial charge in [0.15, 0.2) is 0 Å². The Morgan fingerprint density at radius 2 is 0.812 bits per heavy atom. The summed E-state index contributed by atoms with van der Waals surface area (Å²) in [5.74, 6) is -0.424. The molecule has 0 heterocycles. The molecule has 0 aromatic rings. The molecule has 2 nitrogen and oxygen atoms in total. The maximum atomic E-state index is 11.8. The Labute approximate surface area is 202 Å². The minimum absolute atomic E-state index is 0.222. The average Bonchev–Trinajstić information content (AvgIpc) is 2.78. The zero-order chi connectivity index (χ0) is 23.7. The van der Waals surface area contributed by atoms with E-state index in [4.69, 9.17) is 0 Å². The topological polar surface area (TPSA) is 40.1 Å². The third kappa shape index (κ3) is 21.3. The van der Waals surface area contributed by atoms with Gasteiger partial charge in [0.05, 0.1) is 0 Å². The summed E-state index contributed by atoms with van der Waals surface area (Å²) in [4.78, 5) is 11.8. The van der Waals surface area contributed by atoms with Gasteiger partial charge in [-0.2, -0.15) is 0 Å². The molecular weight excluding hydrogens is 392 g/mol. The van der Waals surface area contributed by atoms with E-state index in [0.29, 0.717) is 5.92 Å². The quantitative estimate of drug-likeness (QED) is 0.123. The molecule has 0 rings (SSSR count). The minimum atomic E-state index is -0.789. The van der Waals surface area contributed by atoms with Crippen LogP contribution in [0.3, 0.4) is 0 Å². The fourth-order valence-corrected chi connectivity index (χ4v) is 5.07. The molecule has 0 N–H and O–H groups in total. The van der Waals surface area contributed by atoms with Crippen LogP contribution in [-0.4, -0.2) is 5.97 Å². The summed E-state index contributed by atoms with van der Waals surface area (Å²) in [5, 5.41) is 11.8. The number of carbonyl (C=O) groups excluding carboxylic acids is 1. The SMILES string of the molecule is CCCCCCCCCCCCC(CC(CCCCCC)CCCCCCCC)C(=O)[O-]. The molecular formula is C30H59O2-. The van der Waals surface area contributed by atoms with Crippen LogP contribution in [0.15, 0.2) is 0 Å². The highest BCUT2D eigenvalue weighted by molar-refractivity contribution is 5.67. The van der Waals surface area contributed by atoms with Gasteiger partial charge < -0.3 is 9.90 Å². The summed E-state index contributed by atoms with van der Waals surface area (Å²) in [7, 11) is 0. The molecule has 0 aliphatic heterocycles. The van der Waals surface area contributed by atoms with Gasteiger partial charge in [0.1, 0.15) is 0 Å². The normalized spacial score (nSPS) is 13.3. The number of hydrogen-bond donors (Lipinski definition) is 0. The highest BCUT2D eigenvalue weighted by Gasteiger charge is 2.17. The summed E-state index contributed by atoms with van der Waals surface area (Å²) in [6.07, 6.45) is 30.3. The van der Waals surface area contributed by atoms with E-state index in [1.165, 1.54) is 135 Å². The van der Waals surface area contributed by atoms with Crippen molar-refractivity contribution in [3.8, 4) is 0 Å². The molecule has 0 spiro atoms. The van der Waals surface area contributed by atoms with Gasteiger partial charge in [-0.1, -0.05) is 162 Å². The Bertz CT molecular complexity index is 379. The lowest BCUT2D eigenvalue weighted by Gasteiger charge is -2.25. The Balaban J connectivity index is 4.17. The monoisotopic (exact) mass is 451 g/mol. The first-order chi connectivity index (χ1) is 15.7. The van der Waals surface area contributed by atoms with Crippen molar-refractivity contribution < 1.29 is 9.90 Å². The number of unbranched alkanes of at least 4 members (excludes halogenated alkanes) is 17. The first kappa shape index (κ1) is 31.5. The molecule has 0 aliphatic rings. The van der Waals surface area contributed by atoms with Crippen LogP contribution in [0.5, 0.6) is 0 Å². The molecule has 0 bridgehead atoms. The van der Waals surface area contributed by atoms with Crippen molar-refractivity contribution in [3.63, 3.8) is 0 Å². The number of carboxylic acids is 1. The highest BCUT2D eigenvalue weighted by atomic mass is 16.4. The van der Waals surface area contributed by atoms with E-state index < -0.39 is 5.97 Å². The molecule has 2 unspecified atom stereocenters. The van der Waals surface area contributed by atoms with E-state index in [-0.39, 0.29) is 5.92 Å². The van der Waals surface area contributed by atoms with E-state index in [0.717, 1.165) is 19.3 Å². The van der Waals surface area contributed by atoms with Crippen LogP contribution >= 0.6 is 0 Å². The fourth-order valence-electron chi connectivity index (χ4n) is 5.07. The van der Waals surface area contributed by atoms with Crippen molar-refractivity contribution in [2.24, 2.45) is 11.8 Å². The molecule has 0 aliphatic carbocycles. The average molecular weight is 452 g/mol. The lowest BCUT2D eigenvalue weighted by Crippen LogP contribution is -2.32. The zero-order valence-corrected chi connectivity index (χ0v) is 22.4. The molecule has 0 saturated carbocycles. The Kier molecular flexibility index (Phi) is 24.7. The predicted octanol–water partition coefficient (Wildman–Crippen LogP) is 9.39. The fraction of sp³-hybridized carbons (Fsp3) is 0.967. The molecule has 2 atom stereocenters. The molecule has 2 heteroatoms. The van der Waals surface area contributed by atoms with Crippen LogP contribution in [-0.2, 0) is 4.79 Å². The van der Waals surface area contributed by atoms with Gasteiger partial charge in [-0.3, -0.25) is 0 Å². The maximum absolute atomic E-state index is 11.8. The Morgan fingerprint density at radius 3 is 1.19 bits per heavy atom. The highest BCUT2D eigenvalue weighted by Crippen LogP contribution is 2.28. The van der Waals surface area contributed by atoms with Crippen molar-refractivity contribution in [2.75, 3.05) is 0 Å². The van der Waals surface area contributed by atoms with Crippen molar-refractivity contribution in [3.05, 3.63) is 0 Å². The summed E-state index contributed by atoms with van der Waals surface area (Å²) in [5.41, 5.74) is 0. The molecule has 0 aromatic carbocycles. The molecule has 0 radical (unpaired) electrons. The number of hydrogen-bond acceptors (Lipinski definition) is 2. The standard InChI is InChI=1S/C30H60O2/c1-4-7-10-13-15-16-17-18-20-23-26-29(30(31)32)27-28(24-21-12-9-6-3)25-22-19-14-11-8-5-2/h28-29H,4-27H2,1-3H3,(H,31,32)/p-1. The Morgan fingerprint density at radius 1 is 0.500 bits per heavy atom. The molecule has 0 amide bonds. The second kappa shape index (κ2) is 25.1. The summed E-state index contributed by atoms with van der Waals surface area (Å²) in [6.45, 7) is 6.79. The van der Waals surface area contributed by atoms with E-state index >= 15 is 0 Å². The molecule has 0 fully saturated rings. The second-order valence-corrected chi connectivity index (χ2v) is 10.5. The van der Waals surface area contributed by atoms with Crippen LogP contribution in [0, 0.1) is 11.8 Å². The van der Waals surface area contributed by atoms with Gasteiger partial charge in [0.25, 0.3) is 0 Å².